The van der Waals surface area contributed by atoms with Crippen LogP contribution in [0.15, 0.2) is 5.11 Å². The number of carbonyl (C=O) groups is 1. The molecule has 0 aliphatic carbocycles. The number of nitrogens with zero attached hydrogens (tertiary/aromatic N) is 3. The molecule has 0 spiro atoms. The molecule has 0 radical (unpaired) electrons. The number of azide groups is 1. The Bertz CT molecular complexity index is 696. The molecule has 2 rings (SSSR count). The molecule has 0 saturated carbocycles. The zero-order chi connectivity index (χ0) is 26.0. The first-order valence-electron chi connectivity index (χ1n) is 11.5. The third-order valence-electron chi connectivity index (χ3n) is 5.86. The Morgan fingerprint density at radius 1 is 0.943 bits per heavy atom. The molecule has 2 saturated heterocycles. The minimum Gasteiger partial charge on any atom is -0.394 e. The van der Waals surface area contributed by atoms with Crippen LogP contribution >= 0.6 is 0 Å². The molecule has 2 fully saturated rings. The first-order valence-corrected chi connectivity index (χ1v) is 11.5. The van der Waals surface area contributed by atoms with E-state index in [4.69, 9.17) is 24.5 Å². The molecule has 202 valence electrons. The van der Waals surface area contributed by atoms with Crippen LogP contribution in [0.25, 0.3) is 10.4 Å². The summed E-state index contributed by atoms with van der Waals surface area (Å²) in [6.07, 6.45) is -9.96. The minimum absolute atomic E-state index is 0.228. The van der Waals surface area contributed by atoms with Crippen molar-refractivity contribution in [3.8, 4) is 0 Å². The van der Waals surface area contributed by atoms with Crippen molar-refractivity contribution in [3.63, 3.8) is 0 Å². The van der Waals surface area contributed by atoms with Gasteiger partial charge in [0.05, 0.1) is 13.2 Å². The van der Waals surface area contributed by atoms with Crippen LogP contribution < -0.4 is 5.32 Å². The summed E-state index contributed by atoms with van der Waals surface area (Å²) in [7, 11) is 0. The summed E-state index contributed by atoms with van der Waals surface area (Å²) in [5, 5.41) is 66.3. The summed E-state index contributed by atoms with van der Waals surface area (Å²) in [5.41, 5.74) is 8.27. The number of aliphatic hydroxyl groups is 6. The maximum absolute atomic E-state index is 11.8. The van der Waals surface area contributed by atoms with Gasteiger partial charge in [-0.3, -0.25) is 4.79 Å². The highest BCUT2D eigenvalue weighted by atomic mass is 16.7. The van der Waals surface area contributed by atoms with E-state index in [0.29, 0.717) is 13.0 Å². The lowest BCUT2D eigenvalue weighted by molar-refractivity contribution is -0.348. The van der Waals surface area contributed by atoms with E-state index in [2.05, 4.69) is 15.3 Å². The van der Waals surface area contributed by atoms with Crippen LogP contribution in [0.1, 0.15) is 32.6 Å². The maximum Gasteiger partial charge on any atom is 0.217 e. The van der Waals surface area contributed by atoms with Gasteiger partial charge in [0.1, 0.15) is 48.8 Å². The first-order chi connectivity index (χ1) is 16.7. The van der Waals surface area contributed by atoms with Gasteiger partial charge in [0.2, 0.25) is 5.91 Å². The lowest BCUT2D eigenvalue weighted by atomic mass is 9.95. The van der Waals surface area contributed by atoms with Gasteiger partial charge in [-0.25, -0.2) is 0 Å². The van der Waals surface area contributed by atoms with Crippen molar-refractivity contribution >= 4 is 5.91 Å². The number of hydrogen-bond donors (Lipinski definition) is 7. The summed E-state index contributed by atoms with van der Waals surface area (Å²) in [6.45, 7) is 0.581. The molecule has 2 heterocycles. The average Bonchev–Trinajstić information content (AvgIpc) is 2.83. The monoisotopic (exact) mass is 508 g/mol. The van der Waals surface area contributed by atoms with Gasteiger partial charge in [-0.15, -0.1) is 0 Å². The molecule has 0 aromatic rings. The van der Waals surface area contributed by atoms with Gasteiger partial charge in [0.15, 0.2) is 12.6 Å². The fourth-order valence-corrected chi connectivity index (χ4v) is 3.98. The van der Waals surface area contributed by atoms with Crippen molar-refractivity contribution in [2.45, 2.75) is 94.0 Å². The molecule has 0 bridgehead atoms. The van der Waals surface area contributed by atoms with Gasteiger partial charge >= 0.3 is 0 Å². The van der Waals surface area contributed by atoms with Crippen molar-refractivity contribution in [1.82, 2.24) is 5.32 Å². The number of amides is 1. The molecule has 0 aromatic heterocycles. The number of unbranched alkanes of at least 4 members (excludes halogenated alkanes) is 3. The lowest BCUT2D eigenvalue weighted by Gasteiger charge is -2.47. The van der Waals surface area contributed by atoms with Crippen LogP contribution in [-0.2, 0) is 23.7 Å². The number of aliphatic hydroxyl groups excluding tert-OH is 6. The minimum atomic E-state index is -1.73. The van der Waals surface area contributed by atoms with E-state index < -0.39 is 80.5 Å². The SMILES string of the molecule is CC(=O)N[C@H]1[C@H](OCCCCCCN=[N+]=[N-])O[C@H](CO)[C@@H](O[C@@H]2O[C@H](CO)[C@H](O)[C@H](O)[C@H]2O)[C@@H]1O. The molecule has 15 nitrogen and oxygen atoms in total. The van der Waals surface area contributed by atoms with E-state index in [1.54, 1.807) is 0 Å². The zero-order valence-electron chi connectivity index (χ0n) is 19.5. The molecule has 0 unspecified atom stereocenters. The molecule has 15 heteroatoms. The topological polar surface area (TPSA) is 236 Å². The highest BCUT2D eigenvalue weighted by molar-refractivity contribution is 5.73. The molecular weight excluding hydrogens is 472 g/mol. The summed E-state index contributed by atoms with van der Waals surface area (Å²) in [6, 6.07) is -1.10. The Balaban J connectivity index is 2.03. The van der Waals surface area contributed by atoms with Crippen LogP contribution in [0.5, 0.6) is 0 Å². The van der Waals surface area contributed by atoms with E-state index in [1.165, 1.54) is 6.92 Å². The van der Waals surface area contributed by atoms with Crippen LogP contribution in [0.3, 0.4) is 0 Å². The van der Waals surface area contributed by atoms with Crippen molar-refractivity contribution in [1.29, 1.82) is 0 Å². The van der Waals surface area contributed by atoms with Gasteiger partial charge in [0.25, 0.3) is 0 Å². The Morgan fingerprint density at radius 3 is 2.23 bits per heavy atom. The molecule has 1 amide bonds. The van der Waals surface area contributed by atoms with Crippen LogP contribution in [-0.4, -0.2) is 124 Å². The number of nitrogens with one attached hydrogen (secondary N) is 1. The molecule has 10 atom stereocenters. The summed E-state index contributed by atoms with van der Waals surface area (Å²) < 4.78 is 22.4. The van der Waals surface area contributed by atoms with E-state index >= 15 is 0 Å². The molecule has 2 aliphatic rings. The molecule has 7 N–H and O–H groups in total. The van der Waals surface area contributed by atoms with Gasteiger partial charge in [0, 0.05) is 25.0 Å². The quantitative estimate of drug-likeness (QED) is 0.0601. The Kier molecular flexibility index (Phi) is 12.5. The Hall–Kier alpha value is -1.62. The van der Waals surface area contributed by atoms with E-state index in [-0.39, 0.29) is 6.61 Å². The van der Waals surface area contributed by atoms with Crippen molar-refractivity contribution in [2.75, 3.05) is 26.4 Å². The predicted octanol–water partition coefficient (Wildman–Crippen LogP) is -2.36. The normalized spacial score (nSPS) is 37.5. The average molecular weight is 509 g/mol. The standard InChI is InChI=1S/C20H36N4O11/c1-10(27)23-13-15(29)18(35-20-17(31)16(30)14(28)11(8-25)33-20)12(9-26)34-19(13)32-7-5-3-2-4-6-22-24-21/h11-20,25-26,28-31H,2-9H2,1H3,(H,23,27)/t11-,12-,13-,14+,15-,16+,17-,18-,19-,20+/m1/s1. The summed E-state index contributed by atoms with van der Waals surface area (Å²) in [4.78, 5) is 14.4. The Labute approximate surface area is 202 Å². The molecular formula is C20H36N4O11. The third kappa shape index (κ3) is 8.20. The van der Waals surface area contributed by atoms with Gasteiger partial charge in [-0.2, -0.15) is 0 Å². The zero-order valence-corrected chi connectivity index (χ0v) is 19.5. The van der Waals surface area contributed by atoms with Crippen LogP contribution in [0, 0.1) is 0 Å². The molecule has 35 heavy (non-hydrogen) atoms. The number of hydrogen-bond acceptors (Lipinski definition) is 12. The van der Waals surface area contributed by atoms with Gasteiger partial charge < -0.3 is 54.9 Å². The fraction of sp³-hybridized carbons (Fsp3) is 0.950. The number of carbonyl (C=O) groups excluding carboxylic acids is 1. The summed E-state index contributed by atoms with van der Waals surface area (Å²) in [5.74, 6) is -0.488. The number of rotatable bonds is 13. The Morgan fingerprint density at radius 2 is 1.60 bits per heavy atom. The van der Waals surface area contributed by atoms with Crippen LogP contribution in [0.4, 0.5) is 0 Å². The van der Waals surface area contributed by atoms with Gasteiger partial charge in [-0.1, -0.05) is 18.0 Å². The lowest BCUT2D eigenvalue weighted by Crippen LogP contribution is -2.67. The van der Waals surface area contributed by atoms with Crippen molar-refractivity contribution < 1.29 is 54.4 Å². The fourth-order valence-electron chi connectivity index (χ4n) is 3.98. The highest BCUT2D eigenvalue weighted by Crippen LogP contribution is 2.29. The van der Waals surface area contributed by atoms with E-state index in [1.807, 2.05) is 0 Å². The highest BCUT2D eigenvalue weighted by Gasteiger charge is 2.51. The molecule has 2 aliphatic heterocycles. The van der Waals surface area contributed by atoms with Crippen molar-refractivity contribution in [3.05, 3.63) is 10.4 Å². The molecule has 0 aromatic carbocycles. The predicted molar refractivity (Wildman–Crippen MR) is 116 cm³/mol. The second-order valence-electron chi connectivity index (χ2n) is 8.48. The summed E-state index contributed by atoms with van der Waals surface area (Å²) >= 11 is 0. The van der Waals surface area contributed by atoms with Crippen molar-refractivity contribution in [2.24, 2.45) is 5.11 Å². The second kappa shape index (κ2) is 14.8. The van der Waals surface area contributed by atoms with Crippen LogP contribution in [0.2, 0.25) is 0 Å². The maximum atomic E-state index is 11.8. The second-order valence-corrected chi connectivity index (χ2v) is 8.48. The van der Waals surface area contributed by atoms with Gasteiger partial charge in [-0.05, 0) is 18.4 Å². The largest absolute Gasteiger partial charge is 0.394 e. The van der Waals surface area contributed by atoms with E-state index in [9.17, 15) is 35.4 Å². The smallest absolute Gasteiger partial charge is 0.217 e. The van der Waals surface area contributed by atoms with E-state index in [0.717, 1.165) is 19.3 Å². The number of ether oxygens (including phenoxy) is 4. The third-order valence-corrected chi connectivity index (χ3v) is 5.86. The first kappa shape index (κ1) is 29.6.